The molecule has 57 heavy (non-hydrogen) atoms. The van der Waals surface area contributed by atoms with E-state index in [1.807, 2.05) is 0 Å². The smallest absolute Gasteiger partial charge is 0.0726 e. The first kappa shape index (κ1) is 31.3. The van der Waals surface area contributed by atoms with Crippen molar-refractivity contribution < 1.29 is 0 Å². The van der Waals surface area contributed by atoms with Crippen molar-refractivity contribution in [3.8, 4) is 33.4 Å². The van der Waals surface area contributed by atoms with Crippen molar-refractivity contribution in [3.63, 3.8) is 0 Å². The Morgan fingerprint density at radius 3 is 1.35 bits per heavy atom. The maximum absolute atomic E-state index is 2.57. The largest absolute Gasteiger partial charge is 0.311 e. The molecule has 0 heterocycles. The van der Waals surface area contributed by atoms with Crippen LogP contribution in [0, 0.1) is 0 Å². The van der Waals surface area contributed by atoms with Crippen LogP contribution in [0.15, 0.2) is 218 Å². The van der Waals surface area contributed by atoms with E-state index in [1.54, 1.807) is 0 Å². The van der Waals surface area contributed by atoms with Gasteiger partial charge in [-0.05, 0) is 120 Å². The first-order valence-electron chi connectivity index (χ1n) is 20.3. The summed E-state index contributed by atoms with van der Waals surface area (Å²) in [5, 5.41) is 0. The van der Waals surface area contributed by atoms with Gasteiger partial charge in [-0.25, -0.2) is 0 Å². The van der Waals surface area contributed by atoms with Gasteiger partial charge >= 0.3 is 0 Å². The molecule has 266 valence electrons. The lowest BCUT2D eigenvalue weighted by Crippen LogP contribution is -2.29. The van der Waals surface area contributed by atoms with E-state index < -0.39 is 5.41 Å². The lowest BCUT2D eigenvalue weighted by atomic mass is 9.68. The van der Waals surface area contributed by atoms with Crippen molar-refractivity contribution >= 4 is 11.4 Å². The van der Waals surface area contributed by atoms with Crippen LogP contribution in [-0.4, -0.2) is 0 Å². The molecule has 13 rings (SSSR count). The van der Waals surface area contributed by atoms with Crippen LogP contribution < -0.4 is 4.90 Å². The van der Waals surface area contributed by atoms with E-state index in [2.05, 4.69) is 211 Å². The van der Waals surface area contributed by atoms with Crippen LogP contribution in [0.25, 0.3) is 33.4 Å². The number of nitrogens with zero attached hydrogens (tertiary/aromatic N) is 1. The summed E-state index contributed by atoms with van der Waals surface area (Å²) < 4.78 is 0. The molecule has 0 saturated carbocycles. The standard InChI is InChI=1S/C56H37N/c1-2-16-36(17-3-1)57(37-30-32-45-43-22-8-14-28-51(43)55(53(45)34-37)47-24-10-4-18-39(47)40-19-5-11-25-48(40)55)38-31-33-46-44-23-9-15-29-52(44)56(54(46)35-38)49-26-12-6-20-41(49)42-21-7-13-27-50(42)56/h1-32,34-35,46H,33H2. The van der Waals surface area contributed by atoms with E-state index in [0.29, 0.717) is 5.92 Å². The second kappa shape index (κ2) is 11.3. The molecule has 1 atom stereocenters. The highest BCUT2D eigenvalue weighted by atomic mass is 15.1. The van der Waals surface area contributed by atoms with E-state index in [-0.39, 0.29) is 5.41 Å². The lowest BCUT2D eigenvalue weighted by Gasteiger charge is -2.36. The van der Waals surface area contributed by atoms with Gasteiger partial charge in [0.1, 0.15) is 0 Å². The summed E-state index contributed by atoms with van der Waals surface area (Å²) in [6.45, 7) is 0. The maximum Gasteiger partial charge on any atom is 0.0726 e. The fourth-order valence-electron chi connectivity index (χ4n) is 11.9. The first-order chi connectivity index (χ1) is 28.3. The summed E-state index contributed by atoms with van der Waals surface area (Å²) in [5.74, 6) is 0.297. The van der Waals surface area contributed by atoms with Crippen molar-refractivity contribution in [2.45, 2.75) is 23.2 Å². The molecule has 2 spiro atoms. The monoisotopic (exact) mass is 723 g/mol. The van der Waals surface area contributed by atoms with Crippen molar-refractivity contribution in [2.75, 3.05) is 4.90 Å². The number of fused-ring (bicyclic) bond motifs is 20. The van der Waals surface area contributed by atoms with Gasteiger partial charge in [-0.15, -0.1) is 0 Å². The number of para-hydroxylation sites is 1. The highest BCUT2D eigenvalue weighted by Crippen LogP contribution is 2.66. The molecular weight excluding hydrogens is 687 g/mol. The van der Waals surface area contributed by atoms with Gasteiger partial charge in [0.05, 0.1) is 10.8 Å². The number of allylic oxidation sites excluding steroid dienone is 3. The molecule has 0 saturated heterocycles. The maximum atomic E-state index is 2.57. The molecule has 0 fully saturated rings. The van der Waals surface area contributed by atoms with E-state index in [1.165, 1.54) is 94.8 Å². The van der Waals surface area contributed by atoms with Gasteiger partial charge in [0, 0.05) is 23.0 Å². The van der Waals surface area contributed by atoms with E-state index in [4.69, 9.17) is 0 Å². The first-order valence-corrected chi connectivity index (χ1v) is 20.3. The van der Waals surface area contributed by atoms with Crippen LogP contribution in [0.1, 0.15) is 56.8 Å². The molecule has 0 bridgehead atoms. The van der Waals surface area contributed by atoms with Crippen LogP contribution >= 0.6 is 0 Å². The van der Waals surface area contributed by atoms with E-state index >= 15 is 0 Å². The van der Waals surface area contributed by atoms with Gasteiger partial charge in [-0.1, -0.05) is 176 Å². The lowest BCUT2D eigenvalue weighted by molar-refractivity contribution is 0.701. The number of anilines is 2. The third-order valence-corrected chi connectivity index (χ3v) is 13.9. The third kappa shape index (κ3) is 3.80. The molecule has 8 aromatic rings. The quantitative estimate of drug-likeness (QED) is 0.175. The Bertz CT molecular complexity index is 2960. The summed E-state index contributed by atoms with van der Waals surface area (Å²) >= 11 is 0. The van der Waals surface area contributed by atoms with Crippen LogP contribution in [0.4, 0.5) is 11.4 Å². The molecule has 0 aromatic heterocycles. The molecule has 8 aromatic carbocycles. The second-order valence-electron chi connectivity index (χ2n) is 16.2. The zero-order chi connectivity index (χ0) is 37.3. The Kier molecular flexibility index (Phi) is 6.20. The zero-order valence-corrected chi connectivity index (χ0v) is 31.4. The SMILES string of the molecule is C1=C(N(c2ccccc2)c2ccc3c(c2)C2(c4ccccc4-c4ccccc42)c2ccccc2-3)C=C2C(C1)c1ccccc1C21c2ccccc2-c2ccccc21. The molecule has 0 amide bonds. The van der Waals surface area contributed by atoms with Gasteiger partial charge in [-0.2, -0.15) is 0 Å². The molecule has 0 radical (unpaired) electrons. The van der Waals surface area contributed by atoms with Crippen LogP contribution in [-0.2, 0) is 10.8 Å². The van der Waals surface area contributed by atoms with Crippen LogP contribution in [0.5, 0.6) is 0 Å². The van der Waals surface area contributed by atoms with Crippen LogP contribution in [0.3, 0.4) is 0 Å². The normalized spacial score (nSPS) is 17.4. The van der Waals surface area contributed by atoms with Crippen molar-refractivity contribution in [3.05, 3.63) is 262 Å². The highest BCUT2D eigenvalue weighted by Gasteiger charge is 2.56. The average molecular weight is 724 g/mol. The fraction of sp³-hybridized carbons (Fsp3) is 0.0714. The third-order valence-electron chi connectivity index (χ3n) is 13.9. The topological polar surface area (TPSA) is 3.24 Å². The predicted octanol–water partition coefficient (Wildman–Crippen LogP) is 13.5. The Balaban J connectivity index is 1.06. The molecule has 1 heteroatoms. The Hall–Kier alpha value is -6.96. The summed E-state index contributed by atoms with van der Waals surface area (Å²) in [6, 6.07) is 73.1. The van der Waals surface area contributed by atoms with Crippen molar-refractivity contribution in [1.82, 2.24) is 0 Å². The molecular formula is C56H37N. The van der Waals surface area contributed by atoms with Crippen LogP contribution in [0.2, 0.25) is 0 Å². The molecule has 1 unspecified atom stereocenters. The summed E-state index contributed by atoms with van der Waals surface area (Å²) in [6.07, 6.45) is 6.01. The van der Waals surface area contributed by atoms with Crippen molar-refractivity contribution in [1.29, 1.82) is 0 Å². The number of hydrogen-bond acceptors (Lipinski definition) is 1. The second-order valence-corrected chi connectivity index (χ2v) is 16.2. The molecule has 5 aliphatic carbocycles. The molecule has 1 nitrogen and oxygen atoms in total. The Morgan fingerprint density at radius 1 is 0.368 bits per heavy atom. The van der Waals surface area contributed by atoms with E-state index in [0.717, 1.165) is 12.1 Å². The summed E-state index contributed by atoms with van der Waals surface area (Å²) in [7, 11) is 0. The van der Waals surface area contributed by atoms with Gasteiger partial charge < -0.3 is 4.90 Å². The minimum Gasteiger partial charge on any atom is -0.311 e. The summed E-state index contributed by atoms with van der Waals surface area (Å²) in [4.78, 5) is 2.52. The Labute approximate surface area is 333 Å². The van der Waals surface area contributed by atoms with Gasteiger partial charge in [0.15, 0.2) is 0 Å². The van der Waals surface area contributed by atoms with Crippen molar-refractivity contribution in [2.24, 2.45) is 0 Å². The predicted molar refractivity (Wildman–Crippen MR) is 233 cm³/mol. The number of benzene rings is 8. The van der Waals surface area contributed by atoms with Gasteiger partial charge in [-0.3, -0.25) is 0 Å². The highest BCUT2D eigenvalue weighted by molar-refractivity contribution is 5.96. The van der Waals surface area contributed by atoms with Gasteiger partial charge in [0.2, 0.25) is 0 Å². The minimum absolute atomic E-state index is 0.297. The number of hydrogen-bond donors (Lipinski definition) is 0. The zero-order valence-electron chi connectivity index (χ0n) is 31.4. The fourth-order valence-corrected chi connectivity index (χ4v) is 11.9. The summed E-state index contributed by atoms with van der Waals surface area (Å²) in [5.41, 5.74) is 23.4. The van der Waals surface area contributed by atoms with E-state index in [9.17, 15) is 0 Å². The van der Waals surface area contributed by atoms with Gasteiger partial charge in [0.25, 0.3) is 0 Å². The Morgan fingerprint density at radius 2 is 0.807 bits per heavy atom. The molecule has 5 aliphatic rings. The minimum atomic E-state index is -0.406. The molecule has 0 aliphatic heterocycles. The number of rotatable bonds is 3. The average Bonchev–Trinajstić information content (AvgIpc) is 3.96. The molecule has 0 N–H and O–H groups in total.